The van der Waals surface area contributed by atoms with Gasteiger partial charge in [-0.3, -0.25) is 0 Å². The molecule has 0 saturated carbocycles. The number of hydrogen-bond acceptors (Lipinski definition) is 5. The molecule has 1 fully saturated rings. The fourth-order valence-electron chi connectivity index (χ4n) is 3.11. The molecule has 0 radical (unpaired) electrons. The van der Waals surface area contributed by atoms with E-state index in [2.05, 4.69) is 0 Å². The van der Waals surface area contributed by atoms with Crippen LogP contribution in [0.25, 0.3) is 0 Å². The van der Waals surface area contributed by atoms with Crippen molar-refractivity contribution >= 4 is 20.0 Å². The predicted molar refractivity (Wildman–Crippen MR) is 102 cm³/mol. The van der Waals surface area contributed by atoms with E-state index < -0.39 is 36.7 Å². The minimum Gasteiger partial charge on any atom is -0.497 e. The van der Waals surface area contributed by atoms with E-state index in [0.717, 1.165) is 20.7 Å². The number of piperazine rings is 1. The zero-order valence-electron chi connectivity index (χ0n) is 15.8. The van der Waals surface area contributed by atoms with Crippen LogP contribution in [0.15, 0.2) is 58.3 Å². The van der Waals surface area contributed by atoms with Gasteiger partial charge in [-0.2, -0.15) is 21.8 Å². The fraction of sp³-hybridized carbons (Fsp3) is 0.333. The number of sulfonamides is 2. The van der Waals surface area contributed by atoms with Crippen LogP contribution in [0.1, 0.15) is 5.56 Å². The molecule has 0 atom stereocenters. The predicted octanol–water partition coefficient (Wildman–Crippen LogP) is 2.41. The number of ether oxygens (including phenoxy) is 1. The molecule has 0 spiro atoms. The highest BCUT2D eigenvalue weighted by Crippen LogP contribution is 2.35. The Morgan fingerprint density at radius 1 is 0.800 bits per heavy atom. The van der Waals surface area contributed by atoms with Gasteiger partial charge in [-0.1, -0.05) is 12.1 Å². The second-order valence-corrected chi connectivity index (χ2v) is 10.3. The van der Waals surface area contributed by atoms with Crippen LogP contribution in [-0.4, -0.2) is 58.7 Å². The van der Waals surface area contributed by atoms with Gasteiger partial charge in [-0.25, -0.2) is 16.8 Å². The van der Waals surface area contributed by atoms with E-state index in [-0.39, 0.29) is 31.1 Å². The van der Waals surface area contributed by atoms with E-state index in [1.54, 1.807) is 0 Å². The molecule has 7 nitrogen and oxygen atoms in total. The van der Waals surface area contributed by atoms with E-state index in [1.807, 2.05) is 0 Å². The summed E-state index contributed by atoms with van der Waals surface area (Å²) in [6.07, 6.45) is -4.83. The molecule has 0 bridgehead atoms. The summed E-state index contributed by atoms with van der Waals surface area (Å²) in [7, 11) is -6.87. The largest absolute Gasteiger partial charge is 0.497 e. The Labute approximate surface area is 172 Å². The molecule has 12 heteroatoms. The number of rotatable bonds is 5. The van der Waals surface area contributed by atoms with Gasteiger partial charge in [-0.05, 0) is 36.4 Å². The first kappa shape index (κ1) is 22.5. The number of halogens is 3. The van der Waals surface area contributed by atoms with Crippen LogP contribution in [0, 0.1) is 0 Å². The van der Waals surface area contributed by atoms with Crippen LogP contribution >= 0.6 is 0 Å². The molecule has 164 valence electrons. The van der Waals surface area contributed by atoms with Crippen molar-refractivity contribution < 1.29 is 34.7 Å². The minimum absolute atomic E-state index is 0.0158. The lowest BCUT2D eigenvalue weighted by atomic mass is 10.2. The van der Waals surface area contributed by atoms with Gasteiger partial charge in [0.25, 0.3) is 0 Å². The van der Waals surface area contributed by atoms with E-state index >= 15 is 0 Å². The number of benzene rings is 2. The average molecular weight is 464 g/mol. The third-order valence-electron chi connectivity index (χ3n) is 4.71. The van der Waals surface area contributed by atoms with Gasteiger partial charge in [0.05, 0.1) is 22.5 Å². The van der Waals surface area contributed by atoms with Gasteiger partial charge in [-0.15, -0.1) is 0 Å². The highest BCUT2D eigenvalue weighted by molar-refractivity contribution is 7.89. The van der Waals surface area contributed by atoms with Gasteiger partial charge in [0.1, 0.15) is 5.75 Å². The Hall–Kier alpha value is -2.15. The van der Waals surface area contributed by atoms with Crippen LogP contribution in [0.4, 0.5) is 13.2 Å². The summed E-state index contributed by atoms with van der Waals surface area (Å²) < 4.78 is 97.8. The van der Waals surface area contributed by atoms with Crippen LogP contribution < -0.4 is 4.74 Å². The quantitative estimate of drug-likeness (QED) is 0.679. The highest BCUT2D eigenvalue weighted by Gasteiger charge is 2.40. The maximum absolute atomic E-state index is 13.2. The second kappa shape index (κ2) is 8.17. The molecule has 0 amide bonds. The molecule has 1 aliphatic rings. The van der Waals surface area contributed by atoms with Gasteiger partial charge in [0.15, 0.2) is 0 Å². The first-order valence-electron chi connectivity index (χ1n) is 8.78. The summed E-state index contributed by atoms with van der Waals surface area (Å²) in [5.41, 5.74) is -1.25. The zero-order chi connectivity index (χ0) is 22.2. The maximum atomic E-state index is 13.2. The van der Waals surface area contributed by atoms with Crippen LogP contribution in [0.3, 0.4) is 0 Å². The Kier molecular flexibility index (Phi) is 6.14. The van der Waals surface area contributed by atoms with Gasteiger partial charge >= 0.3 is 6.18 Å². The molecule has 0 N–H and O–H groups in total. The van der Waals surface area contributed by atoms with E-state index in [0.29, 0.717) is 11.8 Å². The third kappa shape index (κ3) is 4.31. The monoisotopic (exact) mass is 464 g/mol. The van der Waals surface area contributed by atoms with Crippen molar-refractivity contribution in [2.24, 2.45) is 0 Å². The Morgan fingerprint density at radius 3 is 1.80 bits per heavy atom. The Morgan fingerprint density at radius 2 is 1.30 bits per heavy atom. The Bertz CT molecular complexity index is 1110. The summed E-state index contributed by atoms with van der Waals surface area (Å²) in [6, 6.07) is 9.65. The van der Waals surface area contributed by atoms with Crippen molar-refractivity contribution in [3.05, 3.63) is 54.1 Å². The van der Waals surface area contributed by atoms with Gasteiger partial charge in [0.2, 0.25) is 20.0 Å². The van der Waals surface area contributed by atoms with E-state index in [1.165, 1.54) is 37.4 Å². The molecular weight excluding hydrogens is 445 g/mol. The molecule has 30 heavy (non-hydrogen) atoms. The summed E-state index contributed by atoms with van der Waals surface area (Å²) in [5.74, 6) is 0.480. The van der Waals surface area contributed by atoms with Crippen LogP contribution in [-0.2, 0) is 26.2 Å². The number of nitrogens with zero attached hydrogens (tertiary/aromatic N) is 2. The maximum Gasteiger partial charge on any atom is 0.417 e. The third-order valence-corrected chi connectivity index (χ3v) is 8.57. The SMILES string of the molecule is COc1ccc(S(=O)(=O)N2CCN(S(=O)(=O)c3ccccc3C(F)(F)F)CC2)cc1. The molecule has 1 saturated heterocycles. The van der Waals surface area contributed by atoms with Crippen molar-refractivity contribution in [2.75, 3.05) is 33.3 Å². The van der Waals surface area contributed by atoms with Crippen molar-refractivity contribution in [3.63, 3.8) is 0 Å². The Balaban J connectivity index is 1.80. The second-order valence-electron chi connectivity index (χ2n) is 6.48. The zero-order valence-corrected chi connectivity index (χ0v) is 17.5. The van der Waals surface area contributed by atoms with Crippen molar-refractivity contribution in [2.45, 2.75) is 16.0 Å². The topological polar surface area (TPSA) is 84.0 Å². The lowest BCUT2D eigenvalue weighted by Gasteiger charge is -2.33. The van der Waals surface area contributed by atoms with Crippen LogP contribution in [0.5, 0.6) is 5.75 Å². The van der Waals surface area contributed by atoms with Crippen molar-refractivity contribution in [1.29, 1.82) is 0 Å². The molecule has 3 rings (SSSR count). The summed E-state index contributed by atoms with van der Waals surface area (Å²) in [6.45, 7) is -0.878. The lowest BCUT2D eigenvalue weighted by molar-refractivity contribution is -0.139. The molecule has 1 aliphatic heterocycles. The first-order valence-corrected chi connectivity index (χ1v) is 11.7. The van der Waals surface area contributed by atoms with Gasteiger partial charge < -0.3 is 4.74 Å². The molecule has 2 aromatic carbocycles. The molecule has 2 aromatic rings. The molecule has 0 aromatic heterocycles. The molecule has 0 aliphatic carbocycles. The van der Waals surface area contributed by atoms with E-state index in [4.69, 9.17) is 4.74 Å². The van der Waals surface area contributed by atoms with Crippen molar-refractivity contribution in [1.82, 2.24) is 8.61 Å². The smallest absolute Gasteiger partial charge is 0.417 e. The van der Waals surface area contributed by atoms with E-state index in [9.17, 15) is 30.0 Å². The standard InChI is InChI=1S/C18H19F3N2O5S2/c1-28-14-6-8-15(9-7-14)29(24,25)22-10-12-23(13-11-22)30(26,27)17-5-3-2-4-16(17)18(19,20)21/h2-9H,10-13H2,1H3. The number of alkyl halides is 3. The average Bonchev–Trinajstić information content (AvgIpc) is 2.73. The molecule has 1 heterocycles. The minimum atomic E-state index is -4.83. The first-order chi connectivity index (χ1) is 14.0. The molecular formula is C18H19F3N2O5S2. The highest BCUT2D eigenvalue weighted by atomic mass is 32.2. The summed E-state index contributed by atoms with van der Waals surface area (Å²) in [5, 5.41) is 0. The fourth-order valence-corrected chi connectivity index (χ4v) is 6.17. The lowest BCUT2D eigenvalue weighted by Crippen LogP contribution is -2.50. The molecule has 0 unspecified atom stereocenters. The summed E-state index contributed by atoms with van der Waals surface area (Å²) >= 11 is 0. The number of methoxy groups -OCH3 is 1. The summed E-state index contributed by atoms with van der Waals surface area (Å²) in [4.78, 5) is -0.828. The normalized spacial score (nSPS) is 17.1. The van der Waals surface area contributed by atoms with Gasteiger partial charge in [0, 0.05) is 26.2 Å². The number of hydrogen-bond donors (Lipinski definition) is 0. The van der Waals surface area contributed by atoms with Crippen molar-refractivity contribution in [3.8, 4) is 5.75 Å². The van der Waals surface area contributed by atoms with Crippen LogP contribution in [0.2, 0.25) is 0 Å².